The summed E-state index contributed by atoms with van der Waals surface area (Å²) in [6.07, 6.45) is -0.00554. The van der Waals surface area contributed by atoms with Crippen LogP contribution in [0.15, 0.2) is 18.2 Å². The molecule has 27 heavy (non-hydrogen) atoms. The van der Waals surface area contributed by atoms with E-state index in [-0.39, 0.29) is 6.54 Å². The quantitative estimate of drug-likeness (QED) is 0.590. The number of rotatable bonds is 9. The minimum Gasteiger partial charge on any atom is -0.486 e. The Morgan fingerprint density at radius 1 is 1.33 bits per heavy atom. The molecule has 9 nitrogen and oxygen atoms in total. The van der Waals surface area contributed by atoms with Gasteiger partial charge in [0.1, 0.15) is 17.9 Å². The van der Waals surface area contributed by atoms with Gasteiger partial charge in [0.05, 0.1) is 24.2 Å². The van der Waals surface area contributed by atoms with Gasteiger partial charge < -0.3 is 24.8 Å². The van der Waals surface area contributed by atoms with Crippen LogP contribution >= 0.6 is 0 Å². The number of anilines is 2. The normalized spacial score (nSPS) is 19.5. The maximum absolute atomic E-state index is 12.1. The highest BCUT2D eigenvalue weighted by atomic mass is 32.2. The SMILES string of the molecule is CCOC(CN1c2cc(NS(C)(=O)=O)ccc2OC(C)C1C(N)=O)OCC. The highest BCUT2D eigenvalue weighted by Gasteiger charge is 2.38. The van der Waals surface area contributed by atoms with Crippen molar-refractivity contribution in [3.8, 4) is 5.75 Å². The van der Waals surface area contributed by atoms with Crippen molar-refractivity contribution in [1.82, 2.24) is 0 Å². The predicted molar refractivity (Wildman–Crippen MR) is 102 cm³/mol. The summed E-state index contributed by atoms with van der Waals surface area (Å²) in [7, 11) is -3.45. The number of carbonyl (C=O) groups excluding carboxylic acids is 1. The minimum atomic E-state index is -3.45. The molecule has 0 saturated heterocycles. The molecule has 0 aliphatic carbocycles. The van der Waals surface area contributed by atoms with Crippen LogP contribution < -0.4 is 20.1 Å². The molecule has 2 unspecified atom stereocenters. The van der Waals surface area contributed by atoms with Gasteiger partial charge in [0.15, 0.2) is 6.29 Å². The average molecular weight is 401 g/mol. The first-order valence-corrected chi connectivity index (χ1v) is 10.6. The van der Waals surface area contributed by atoms with Crippen molar-refractivity contribution < 1.29 is 27.4 Å². The fraction of sp³-hybridized carbons (Fsp3) is 0.588. The van der Waals surface area contributed by atoms with Crippen LogP contribution in [0.3, 0.4) is 0 Å². The van der Waals surface area contributed by atoms with Crippen molar-refractivity contribution in [3.05, 3.63) is 18.2 Å². The number of hydrogen-bond donors (Lipinski definition) is 2. The van der Waals surface area contributed by atoms with Gasteiger partial charge in [0, 0.05) is 13.2 Å². The summed E-state index contributed by atoms with van der Waals surface area (Å²) < 4.78 is 42.6. The summed E-state index contributed by atoms with van der Waals surface area (Å²) in [4.78, 5) is 13.8. The zero-order valence-corrected chi connectivity index (χ0v) is 16.8. The molecular formula is C17H27N3O6S. The van der Waals surface area contributed by atoms with Crippen LogP contribution in [0.5, 0.6) is 5.75 Å². The van der Waals surface area contributed by atoms with Crippen LogP contribution in [0.2, 0.25) is 0 Å². The van der Waals surface area contributed by atoms with Crippen LogP contribution in [0.25, 0.3) is 0 Å². The Hall–Kier alpha value is -2.04. The molecule has 1 amide bonds. The maximum atomic E-state index is 12.1. The summed E-state index contributed by atoms with van der Waals surface area (Å²) >= 11 is 0. The highest BCUT2D eigenvalue weighted by Crippen LogP contribution is 2.38. The van der Waals surface area contributed by atoms with E-state index in [9.17, 15) is 13.2 Å². The number of hydrogen-bond acceptors (Lipinski definition) is 7. The molecule has 1 heterocycles. The van der Waals surface area contributed by atoms with Crippen LogP contribution in [0, 0.1) is 0 Å². The van der Waals surface area contributed by atoms with Crippen LogP contribution in [-0.2, 0) is 24.3 Å². The Balaban J connectivity index is 2.45. The van der Waals surface area contributed by atoms with Gasteiger partial charge in [-0.1, -0.05) is 0 Å². The molecule has 0 saturated carbocycles. The van der Waals surface area contributed by atoms with Crippen molar-refractivity contribution in [2.75, 3.05) is 35.6 Å². The van der Waals surface area contributed by atoms with Crippen LogP contribution in [-0.4, -0.2) is 58.8 Å². The van der Waals surface area contributed by atoms with Gasteiger partial charge in [0.25, 0.3) is 0 Å². The Morgan fingerprint density at radius 3 is 2.48 bits per heavy atom. The highest BCUT2D eigenvalue weighted by molar-refractivity contribution is 7.92. The van der Waals surface area contributed by atoms with E-state index < -0.39 is 34.4 Å². The molecule has 1 aromatic carbocycles. The second kappa shape index (κ2) is 8.77. The molecule has 0 bridgehead atoms. The standard InChI is InChI=1S/C17H27N3O6S/c1-5-24-15(25-6-2)10-20-13-9-12(19-27(4,22)23)7-8-14(13)26-11(3)16(20)17(18)21/h7-9,11,15-16,19H,5-6,10H2,1-4H3,(H2,18,21). The first-order chi connectivity index (χ1) is 12.7. The van der Waals surface area contributed by atoms with E-state index >= 15 is 0 Å². The van der Waals surface area contributed by atoms with Gasteiger partial charge in [-0.05, 0) is 39.0 Å². The van der Waals surface area contributed by atoms with Crippen molar-refractivity contribution in [2.24, 2.45) is 5.73 Å². The largest absolute Gasteiger partial charge is 0.486 e. The number of nitrogens with zero attached hydrogens (tertiary/aromatic N) is 1. The Bertz CT molecular complexity index is 764. The van der Waals surface area contributed by atoms with E-state index in [0.29, 0.717) is 30.3 Å². The molecule has 0 spiro atoms. The predicted octanol–water partition coefficient (Wildman–Crippen LogP) is 0.898. The number of primary amides is 1. The molecule has 0 radical (unpaired) electrons. The topological polar surface area (TPSA) is 120 Å². The van der Waals surface area contributed by atoms with Crippen molar-refractivity contribution in [3.63, 3.8) is 0 Å². The smallest absolute Gasteiger partial charge is 0.243 e. The average Bonchev–Trinajstić information content (AvgIpc) is 2.54. The van der Waals surface area contributed by atoms with Gasteiger partial charge in [-0.25, -0.2) is 8.42 Å². The number of sulfonamides is 1. The number of ether oxygens (including phenoxy) is 3. The van der Waals surface area contributed by atoms with E-state index in [4.69, 9.17) is 19.9 Å². The van der Waals surface area contributed by atoms with Crippen LogP contribution in [0.1, 0.15) is 20.8 Å². The lowest BCUT2D eigenvalue weighted by molar-refractivity contribution is -0.133. The van der Waals surface area contributed by atoms with Gasteiger partial charge in [-0.15, -0.1) is 0 Å². The lowest BCUT2D eigenvalue weighted by Gasteiger charge is -2.42. The van der Waals surface area contributed by atoms with E-state index in [1.807, 2.05) is 13.8 Å². The summed E-state index contributed by atoms with van der Waals surface area (Å²) in [6.45, 7) is 6.56. The maximum Gasteiger partial charge on any atom is 0.243 e. The fourth-order valence-corrected chi connectivity index (χ4v) is 3.62. The van der Waals surface area contributed by atoms with E-state index in [0.717, 1.165) is 6.26 Å². The van der Waals surface area contributed by atoms with E-state index in [1.165, 1.54) is 0 Å². The number of nitrogens with two attached hydrogens (primary N) is 1. The molecule has 2 atom stereocenters. The monoisotopic (exact) mass is 401 g/mol. The zero-order valence-electron chi connectivity index (χ0n) is 16.0. The number of fused-ring (bicyclic) bond motifs is 1. The number of benzene rings is 1. The third kappa shape index (κ3) is 5.47. The third-order valence-corrected chi connectivity index (χ3v) is 4.61. The fourth-order valence-electron chi connectivity index (χ4n) is 3.07. The molecule has 3 N–H and O–H groups in total. The third-order valence-electron chi connectivity index (χ3n) is 4.01. The molecule has 0 fully saturated rings. The lowest BCUT2D eigenvalue weighted by atomic mass is 10.0. The molecule has 10 heteroatoms. The molecule has 1 aliphatic heterocycles. The Kier molecular flexibility index (Phi) is 6.90. The number of amides is 1. The Morgan fingerprint density at radius 2 is 1.96 bits per heavy atom. The van der Waals surface area contributed by atoms with Crippen molar-refractivity contribution in [2.45, 2.75) is 39.2 Å². The summed E-state index contributed by atoms with van der Waals surface area (Å²) in [6, 6.07) is 4.10. The Labute approximate surface area is 159 Å². The van der Waals surface area contributed by atoms with Crippen LogP contribution in [0.4, 0.5) is 11.4 Å². The second-order valence-corrected chi connectivity index (χ2v) is 7.97. The first kappa shape index (κ1) is 21.3. The van der Waals surface area contributed by atoms with Crippen molar-refractivity contribution >= 4 is 27.3 Å². The number of carbonyl (C=O) groups is 1. The van der Waals surface area contributed by atoms with Gasteiger partial charge in [-0.3, -0.25) is 9.52 Å². The lowest BCUT2D eigenvalue weighted by Crippen LogP contribution is -2.57. The molecule has 2 rings (SSSR count). The molecular weight excluding hydrogens is 374 g/mol. The van der Waals surface area contributed by atoms with Gasteiger partial charge in [-0.2, -0.15) is 0 Å². The number of nitrogens with one attached hydrogen (secondary N) is 1. The summed E-state index contributed by atoms with van der Waals surface area (Å²) in [5.74, 6) is -0.0350. The molecule has 152 valence electrons. The minimum absolute atomic E-state index is 0.234. The van der Waals surface area contributed by atoms with E-state index in [2.05, 4.69) is 4.72 Å². The van der Waals surface area contributed by atoms with Crippen molar-refractivity contribution in [1.29, 1.82) is 0 Å². The van der Waals surface area contributed by atoms with E-state index in [1.54, 1.807) is 30.0 Å². The molecule has 0 aromatic heterocycles. The molecule has 1 aliphatic rings. The first-order valence-electron chi connectivity index (χ1n) is 8.73. The molecule has 1 aromatic rings. The summed E-state index contributed by atoms with van der Waals surface area (Å²) in [5.41, 5.74) is 6.51. The van der Waals surface area contributed by atoms with Gasteiger partial charge in [0.2, 0.25) is 15.9 Å². The second-order valence-electron chi connectivity index (χ2n) is 6.22. The van der Waals surface area contributed by atoms with Gasteiger partial charge >= 0.3 is 0 Å². The summed E-state index contributed by atoms with van der Waals surface area (Å²) in [5, 5.41) is 0. The zero-order chi connectivity index (χ0) is 20.2.